The van der Waals surface area contributed by atoms with Crippen LogP contribution in [0.2, 0.25) is 5.02 Å². The van der Waals surface area contributed by atoms with Gasteiger partial charge < -0.3 is 31.0 Å². The summed E-state index contributed by atoms with van der Waals surface area (Å²) in [5.74, 6) is 0.178. The van der Waals surface area contributed by atoms with Gasteiger partial charge in [-0.25, -0.2) is 0 Å². The van der Waals surface area contributed by atoms with Crippen molar-refractivity contribution in [3.05, 3.63) is 58.3 Å². The van der Waals surface area contributed by atoms with E-state index in [-0.39, 0.29) is 5.91 Å². The highest BCUT2D eigenvalue weighted by molar-refractivity contribution is 6.34. The standard InChI is InChI=1S/C28H32ClN7O2/c1-6-22-20(16-31)28(33-18-11-17(15-30)27(32-3)21(29)12-18)19-13-24(25(38-7-2)14-23(19)34-22)35-26(37)9-8-10-36(4)5/h8-9,11-15,30,32H,6-7,10H2,1-5H3,(H,33,34)(H,35,37)/b9-8+,30-15?. The lowest BCUT2D eigenvalue weighted by molar-refractivity contribution is -0.111. The molecular weight excluding hydrogens is 502 g/mol. The van der Waals surface area contributed by atoms with Crippen LogP contribution in [-0.2, 0) is 11.2 Å². The Kier molecular flexibility index (Phi) is 9.66. The largest absolute Gasteiger partial charge is 0.492 e. The molecule has 1 aromatic heterocycles. The summed E-state index contributed by atoms with van der Waals surface area (Å²) in [4.78, 5) is 19.3. The van der Waals surface area contributed by atoms with Crippen LogP contribution >= 0.6 is 11.6 Å². The molecule has 9 nitrogen and oxygen atoms in total. The number of carbonyl (C=O) groups is 1. The summed E-state index contributed by atoms with van der Waals surface area (Å²) >= 11 is 6.47. The molecule has 38 heavy (non-hydrogen) atoms. The van der Waals surface area contributed by atoms with E-state index in [2.05, 4.69) is 22.0 Å². The summed E-state index contributed by atoms with van der Waals surface area (Å²) in [6, 6.07) is 9.31. The Hall–Kier alpha value is -4.13. The molecule has 4 N–H and O–H groups in total. The molecule has 10 heteroatoms. The maximum absolute atomic E-state index is 12.7. The van der Waals surface area contributed by atoms with Gasteiger partial charge in [-0.05, 0) is 45.6 Å². The summed E-state index contributed by atoms with van der Waals surface area (Å²) in [5.41, 5.74) is 4.43. The molecule has 0 bridgehead atoms. The highest BCUT2D eigenvalue weighted by Crippen LogP contribution is 2.39. The molecule has 0 unspecified atom stereocenters. The number of fused-ring (bicyclic) bond motifs is 1. The number of amides is 1. The van der Waals surface area contributed by atoms with Crippen molar-refractivity contribution in [1.29, 1.82) is 10.7 Å². The van der Waals surface area contributed by atoms with Crippen molar-refractivity contribution in [2.45, 2.75) is 20.3 Å². The number of nitrogens with zero attached hydrogens (tertiary/aromatic N) is 3. The Morgan fingerprint density at radius 3 is 2.61 bits per heavy atom. The van der Waals surface area contributed by atoms with Gasteiger partial charge in [0.15, 0.2) is 0 Å². The Balaban J connectivity index is 2.20. The molecule has 0 aliphatic heterocycles. The Bertz CT molecular complexity index is 1430. The third-order valence-electron chi connectivity index (χ3n) is 5.70. The maximum atomic E-state index is 12.7. The van der Waals surface area contributed by atoms with Crippen LogP contribution < -0.4 is 20.7 Å². The van der Waals surface area contributed by atoms with Gasteiger partial charge in [-0.3, -0.25) is 9.78 Å². The van der Waals surface area contributed by atoms with Crippen LogP contribution in [0.3, 0.4) is 0 Å². The van der Waals surface area contributed by atoms with E-state index in [0.717, 1.165) is 0 Å². The number of hydrogen-bond acceptors (Lipinski definition) is 8. The first-order valence-electron chi connectivity index (χ1n) is 12.2. The number of carbonyl (C=O) groups excluding carboxylic acids is 1. The molecule has 3 rings (SSSR count). The fraction of sp³-hybridized carbons (Fsp3) is 0.286. The van der Waals surface area contributed by atoms with E-state index in [0.29, 0.717) is 80.8 Å². The van der Waals surface area contributed by atoms with Crippen molar-refractivity contribution in [3.63, 3.8) is 0 Å². The molecule has 3 aromatic rings. The fourth-order valence-corrected chi connectivity index (χ4v) is 4.31. The van der Waals surface area contributed by atoms with Gasteiger partial charge in [0.1, 0.15) is 11.8 Å². The maximum Gasteiger partial charge on any atom is 0.248 e. The minimum absolute atomic E-state index is 0.301. The SMILES string of the molecule is CCOc1cc2nc(CC)c(C#N)c(Nc3cc(Cl)c(NC)c(C=N)c3)c2cc1NC(=O)/C=C/CN(C)C. The van der Waals surface area contributed by atoms with Crippen LogP contribution in [0.25, 0.3) is 10.9 Å². The van der Waals surface area contributed by atoms with Gasteiger partial charge >= 0.3 is 0 Å². The molecule has 0 aliphatic rings. The van der Waals surface area contributed by atoms with E-state index in [4.69, 9.17) is 26.7 Å². The summed E-state index contributed by atoms with van der Waals surface area (Å²) in [6.45, 7) is 4.82. The van der Waals surface area contributed by atoms with E-state index >= 15 is 0 Å². The second kappa shape index (κ2) is 12.9. The Morgan fingerprint density at radius 2 is 2.00 bits per heavy atom. The van der Waals surface area contributed by atoms with Gasteiger partial charge in [0.05, 0.1) is 45.5 Å². The zero-order chi connectivity index (χ0) is 27.8. The summed E-state index contributed by atoms with van der Waals surface area (Å²) in [7, 11) is 5.57. The van der Waals surface area contributed by atoms with Gasteiger partial charge in [0.25, 0.3) is 0 Å². The molecule has 2 aromatic carbocycles. The van der Waals surface area contributed by atoms with Crippen molar-refractivity contribution < 1.29 is 9.53 Å². The molecule has 0 spiro atoms. The predicted octanol–water partition coefficient (Wildman–Crippen LogP) is 5.56. The van der Waals surface area contributed by atoms with Crippen molar-refractivity contribution in [3.8, 4) is 11.8 Å². The molecule has 1 heterocycles. The van der Waals surface area contributed by atoms with Gasteiger partial charge in [-0.1, -0.05) is 24.6 Å². The third kappa shape index (κ3) is 6.40. The van der Waals surface area contributed by atoms with Crippen LogP contribution in [0.15, 0.2) is 36.4 Å². The molecule has 1 amide bonds. The average Bonchev–Trinajstić information content (AvgIpc) is 2.88. The number of nitrogens with one attached hydrogen (secondary N) is 4. The Morgan fingerprint density at radius 1 is 1.24 bits per heavy atom. The van der Waals surface area contributed by atoms with E-state index in [1.807, 2.05) is 32.8 Å². The number of nitriles is 1. The lowest BCUT2D eigenvalue weighted by Crippen LogP contribution is -2.13. The third-order valence-corrected chi connectivity index (χ3v) is 6.00. The topological polar surface area (TPSA) is 126 Å². The molecular formula is C28H32ClN7O2. The van der Waals surface area contributed by atoms with E-state index in [9.17, 15) is 10.1 Å². The molecule has 0 saturated carbocycles. The second-order valence-corrected chi connectivity index (χ2v) is 9.08. The number of benzene rings is 2. The molecule has 0 aliphatic carbocycles. The summed E-state index contributed by atoms with van der Waals surface area (Å²) < 4.78 is 5.83. The number of rotatable bonds is 11. The summed E-state index contributed by atoms with van der Waals surface area (Å²) in [5, 5.41) is 28.2. The normalized spacial score (nSPS) is 11.0. The number of halogens is 1. The van der Waals surface area contributed by atoms with Crippen LogP contribution in [-0.4, -0.2) is 56.3 Å². The van der Waals surface area contributed by atoms with E-state index < -0.39 is 0 Å². The van der Waals surface area contributed by atoms with E-state index in [1.165, 1.54) is 12.3 Å². The van der Waals surface area contributed by atoms with Crippen molar-refractivity contribution >= 4 is 57.4 Å². The zero-order valence-electron chi connectivity index (χ0n) is 22.2. The number of aryl methyl sites for hydroxylation is 1. The number of aromatic nitrogens is 1. The number of ether oxygens (including phenoxy) is 1. The molecule has 0 fully saturated rings. The highest BCUT2D eigenvalue weighted by atomic mass is 35.5. The van der Waals surface area contributed by atoms with Gasteiger partial charge in [0.2, 0.25) is 5.91 Å². The number of anilines is 4. The highest BCUT2D eigenvalue weighted by Gasteiger charge is 2.19. The molecule has 0 saturated heterocycles. The van der Waals surface area contributed by atoms with Crippen LogP contribution in [0.5, 0.6) is 5.75 Å². The number of pyridine rings is 1. The van der Waals surface area contributed by atoms with Crippen LogP contribution in [0.1, 0.15) is 30.7 Å². The monoisotopic (exact) mass is 533 g/mol. The van der Waals surface area contributed by atoms with Gasteiger partial charge in [-0.2, -0.15) is 5.26 Å². The van der Waals surface area contributed by atoms with E-state index in [1.54, 1.807) is 37.4 Å². The minimum atomic E-state index is -0.301. The second-order valence-electron chi connectivity index (χ2n) is 8.67. The minimum Gasteiger partial charge on any atom is -0.492 e. The zero-order valence-corrected chi connectivity index (χ0v) is 23.0. The molecule has 198 valence electrons. The molecule has 0 atom stereocenters. The Labute approximate surface area is 228 Å². The number of likely N-dealkylation sites (N-methyl/N-ethyl adjacent to an activating group) is 1. The summed E-state index contributed by atoms with van der Waals surface area (Å²) in [6.07, 6.45) is 4.99. The van der Waals surface area contributed by atoms with Crippen molar-refractivity contribution in [2.75, 3.05) is 50.2 Å². The molecule has 0 radical (unpaired) electrons. The van der Waals surface area contributed by atoms with Crippen LogP contribution in [0, 0.1) is 16.7 Å². The van der Waals surface area contributed by atoms with Crippen molar-refractivity contribution in [1.82, 2.24) is 9.88 Å². The van der Waals surface area contributed by atoms with Gasteiger partial charge in [0, 0.05) is 48.6 Å². The number of hydrogen-bond donors (Lipinski definition) is 4. The van der Waals surface area contributed by atoms with Gasteiger partial charge in [-0.15, -0.1) is 0 Å². The van der Waals surface area contributed by atoms with Crippen LogP contribution in [0.4, 0.5) is 22.7 Å². The fourth-order valence-electron chi connectivity index (χ4n) is 3.99. The predicted molar refractivity (Wildman–Crippen MR) is 155 cm³/mol. The smallest absolute Gasteiger partial charge is 0.248 e. The average molecular weight is 534 g/mol. The first-order valence-corrected chi connectivity index (χ1v) is 12.6. The van der Waals surface area contributed by atoms with Crippen molar-refractivity contribution in [2.24, 2.45) is 0 Å². The lowest BCUT2D eigenvalue weighted by atomic mass is 10.0. The first kappa shape index (κ1) is 28.4. The first-order chi connectivity index (χ1) is 18.3. The lowest BCUT2D eigenvalue weighted by Gasteiger charge is -2.18. The quantitative estimate of drug-likeness (QED) is 0.188.